The average Bonchev–Trinajstić information content (AvgIpc) is 3.46. The highest BCUT2D eigenvalue weighted by atomic mass is 35.5. The van der Waals surface area contributed by atoms with E-state index in [1.54, 1.807) is 0 Å². The Hall–Kier alpha value is -1.56. The van der Waals surface area contributed by atoms with E-state index in [0.29, 0.717) is 5.92 Å². The van der Waals surface area contributed by atoms with Crippen LogP contribution in [0.1, 0.15) is 42.9 Å². The van der Waals surface area contributed by atoms with Crippen LogP contribution >= 0.6 is 23.4 Å². The van der Waals surface area contributed by atoms with Gasteiger partial charge in [0.25, 0.3) is 0 Å². The highest BCUT2D eigenvalue weighted by Gasteiger charge is 2.43. The fraction of sp³-hybridized carbons (Fsp3) is 0.520. The van der Waals surface area contributed by atoms with Crippen LogP contribution < -0.4 is 0 Å². The Morgan fingerprint density at radius 2 is 1.87 bits per heavy atom. The van der Waals surface area contributed by atoms with Crippen LogP contribution in [0.3, 0.4) is 0 Å². The number of hydrogen-bond donors (Lipinski definition) is 1. The van der Waals surface area contributed by atoms with Gasteiger partial charge in [0, 0.05) is 47.0 Å². The molecule has 1 N–H and O–H groups in total. The summed E-state index contributed by atoms with van der Waals surface area (Å²) < 4.78 is 0. The van der Waals surface area contributed by atoms with Crippen LogP contribution in [-0.2, 0) is 0 Å². The van der Waals surface area contributed by atoms with Crippen LogP contribution in [0.25, 0.3) is 22.2 Å². The molecule has 3 fully saturated rings. The van der Waals surface area contributed by atoms with Gasteiger partial charge in [-0.2, -0.15) is 16.9 Å². The predicted octanol–water partition coefficient (Wildman–Crippen LogP) is 5.91. The summed E-state index contributed by atoms with van der Waals surface area (Å²) in [5.41, 5.74) is 5.44. The molecule has 31 heavy (non-hydrogen) atoms. The summed E-state index contributed by atoms with van der Waals surface area (Å²) in [5.74, 6) is 4.92. The Kier molecular flexibility index (Phi) is 5.24. The number of fused-ring (bicyclic) bond motifs is 2. The number of nitrogens with zero attached hydrogens (tertiary/aromatic N) is 3. The maximum Gasteiger partial charge on any atom is 0.100 e. The van der Waals surface area contributed by atoms with Gasteiger partial charge < -0.3 is 0 Å². The van der Waals surface area contributed by atoms with Crippen LogP contribution in [0, 0.1) is 18.8 Å². The fourth-order valence-electron chi connectivity index (χ4n) is 6.22. The topological polar surface area (TPSA) is 44.8 Å². The summed E-state index contributed by atoms with van der Waals surface area (Å²) in [7, 11) is 0. The smallest absolute Gasteiger partial charge is 0.100 e. The van der Waals surface area contributed by atoms with E-state index in [0.717, 1.165) is 45.4 Å². The van der Waals surface area contributed by atoms with E-state index in [-0.39, 0.29) is 0 Å². The number of aryl methyl sites for hydroxylation is 1. The largest absolute Gasteiger partial charge is 0.300 e. The fourth-order valence-corrected chi connectivity index (χ4v) is 7.62. The molecule has 3 aromatic rings. The maximum absolute atomic E-state index is 6.80. The SMILES string of the molecule is Cc1cc(-c2n[nH]c3cc(Cl)c(C4C[C@@H]5CN(C6CCSCC6)C[C@@H]5C4)cc23)ccn1. The third kappa shape index (κ3) is 3.69. The first-order valence-electron chi connectivity index (χ1n) is 11.6. The van der Waals surface area contributed by atoms with Gasteiger partial charge >= 0.3 is 0 Å². The van der Waals surface area contributed by atoms with E-state index in [2.05, 4.69) is 50.0 Å². The molecule has 1 aromatic carbocycles. The van der Waals surface area contributed by atoms with Crippen molar-refractivity contribution in [3.05, 3.63) is 46.7 Å². The average molecular weight is 453 g/mol. The van der Waals surface area contributed by atoms with Gasteiger partial charge in [0.1, 0.15) is 5.69 Å². The molecule has 4 nitrogen and oxygen atoms in total. The number of thioether (sulfide) groups is 1. The quantitative estimate of drug-likeness (QED) is 0.536. The number of aromatic nitrogens is 3. The van der Waals surface area contributed by atoms with Gasteiger partial charge in [-0.3, -0.25) is 15.0 Å². The number of H-pyrrole nitrogens is 1. The number of likely N-dealkylation sites (tertiary alicyclic amines) is 1. The second-order valence-corrected chi connectivity index (χ2v) is 11.3. The minimum atomic E-state index is 0.567. The van der Waals surface area contributed by atoms with Gasteiger partial charge in [-0.25, -0.2) is 0 Å². The molecule has 4 heterocycles. The minimum absolute atomic E-state index is 0.567. The Morgan fingerprint density at radius 1 is 1.10 bits per heavy atom. The summed E-state index contributed by atoms with van der Waals surface area (Å²) >= 11 is 8.93. The molecule has 162 valence electrons. The highest BCUT2D eigenvalue weighted by molar-refractivity contribution is 7.99. The van der Waals surface area contributed by atoms with Crippen molar-refractivity contribution in [1.29, 1.82) is 0 Å². The summed E-state index contributed by atoms with van der Waals surface area (Å²) in [6.07, 6.45) is 7.17. The Bertz CT molecular complexity index is 1090. The third-order valence-electron chi connectivity index (χ3n) is 7.78. The molecule has 6 heteroatoms. The number of rotatable bonds is 3. The summed E-state index contributed by atoms with van der Waals surface area (Å²) in [5, 5.41) is 9.86. The number of pyridine rings is 1. The van der Waals surface area contributed by atoms with E-state index in [9.17, 15) is 0 Å². The van der Waals surface area contributed by atoms with Crippen LogP contribution in [0.2, 0.25) is 5.02 Å². The van der Waals surface area contributed by atoms with Crippen molar-refractivity contribution in [3.63, 3.8) is 0 Å². The molecule has 2 aliphatic heterocycles. The normalized spacial score (nSPS) is 27.2. The summed E-state index contributed by atoms with van der Waals surface area (Å²) in [6, 6.07) is 9.37. The van der Waals surface area contributed by atoms with Crippen LogP contribution in [0.4, 0.5) is 0 Å². The van der Waals surface area contributed by atoms with Crippen molar-refractivity contribution >= 4 is 34.3 Å². The zero-order chi connectivity index (χ0) is 20.9. The van der Waals surface area contributed by atoms with Gasteiger partial charge in [-0.05, 0) is 91.7 Å². The number of hydrogen-bond acceptors (Lipinski definition) is 4. The van der Waals surface area contributed by atoms with Gasteiger partial charge in [-0.1, -0.05) is 11.6 Å². The van der Waals surface area contributed by atoms with Gasteiger partial charge in [-0.15, -0.1) is 0 Å². The molecular formula is C25H29ClN4S. The molecule has 2 aromatic heterocycles. The number of benzene rings is 1. The monoisotopic (exact) mass is 452 g/mol. The molecular weight excluding hydrogens is 424 g/mol. The molecule has 0 radical (unpaired) electrons. The lowest BCUT2D eigenvalue weighted by atomic mass is 9.93. The summed E-state index contributed by atoms with van der Waals surface area (Å²) in [6.45, 7) is 4.61. The second kappa shape index (κ2) is 8.09. The Morgan fingerprint density at radius 3 is 2.61 bits per heavy atom. The molecule has 0 amide bonds. The lowest BCUT2D eigenvalue weighted by Crippen LogP contribution is -2.36. The minimum Gasteiger partial charge on any atom is -0.300 e. The second-order valence-electron chi connectivity index (χ2n) is 9.66. The highest BCUT2D eigenvalue weighted by Crippen LogP contribution is 2.49. The van der Waals surface area contributed by atoms with Crippen molar-refractivity contribution in [2.75, 3.05) is 24.6 Å². The molecule has 1 unspecified atom stereocenters. The third-order valence-corrected chi connectivity index (χ3v) is 9.15. The first-order valence-corrected chi connectivity index (χ1v) is 13.1. The first-order chi connectivity index (χ1) is 15.2. The van der Waals surface area contributed by atoms with Crippen molar-refractivity contribution in [3.8, 4) is 11.3 Å². The molecule has 0 spiro atoms. The van der Waals surface area contributed by atoms with Gasteiger partial charge in [0.05, 0.1) is 5.52 Å². The van der Waals surface area contributed by atoms with Gasteiger partial charge in [0.15, 0.2) is 0 Å². The Balaban J connectivity index is 1.25. The molecule has 1 saturated carbocycles. The van der Waals surface area contributed by atoms with Crippen molar-refractivity contribution < 1.29 is 0 Å². The van der Waals surface area contributed by atoms with Crippen molar-refractivity contribution in [1.82, 2.24) is 20.1 Å². The lowest BCUT2D eigenvalue weighted by molar-refractivity contribution is 0.211. The summed E-state index contributed by atoms with van der Waals surface area (Å²) in [4.78, 5) is 7.15. The van der Waals surface area contributed by atoms with Crippen LogP contribution in [0.15, 0.2) is 30.5 Å². The number of aromatic amines is 1. The zero-order valence-electron chi connectivity index (χ0n) is 18.0. The molecule has 2 saturated heterocycles. The van der Waals surface area contributed by atoms with Crippen molar-refractivity contribution in [2.45, 2.75) is 44.6 Å². The standard InChI is InChI=1S/C25H29ClN4S/c1-15-8-16(2-5-27-15)25-22-11-21(23(26)12-24(22)28-29-25)17-9-18-13-30(14-19(18)10-17)20-3-6-31-7-4-20/h2,5,8,11-12,17-20H,3-4,6-7,9-10,13-14H2,1H3,(H,28,29)/t17?,18-,19+. The number of nitrogens with one attached hydrogen (secondary N) is 1. The molecule has 0 bridgehead atoms. The number of halogens is 1. The molecule has 3 atom stereocenters. The molecule has 1 aliphatic carbocycles. The lowest BCUT2D eigenvalue weighted by Gasteiger charge is -2.31. The maximum atomic E-state index is 6.80. The Labute approximate surface area is 193 Å². The first kappa shape index (κ1) is 20.1. The van der Waals surface area contributed by atoms with E-state index >= 15 is 0 Å². The van der Waals surface area contributed by atoms with Gasteiger partial charge in [0.2, 0.25) is 0 Å². The van der Waals surface area contributed by atoms with Crippen molar-refractivity contribution in [2.24, 2.45) is 11.8 Å². The van der Waals surface area contributed by atoms with E-state index < -0.39 is 0 Å². The zero-order valence-corrected chi connectivity index (χ0v) is 19.6. The van der Waals surface area contributed by atoms with E-state index in [1.807, 2.05) is 19.2 Å². The van der Waals surface area contributed by atoms with Crippen LogP contribution in [0.5, 0.6) is 0 Å². The predicted molar refractivity (Wildman–Crippen MR) is 130 cm³/mol. The van der Waals surface area contributed by atoms with E-state index in [1.165, 1.54) is 61.2 Å². The van der Waals surface area contributed by atoms with Crippen LogP contribution in [-0.4, -0.2) is 50.7 Å². The molecule has 3 aliphatic rings. The molecule has 6 rings (SSSR count). The van der Waals surface area contributed by atoms with E-state index in [4.69, 9.17) is 11.6 Å².